The molecule has 0 aliphatic rings. The van der Waals surface area contributed by atoms with Gasteiger partial charge in [-0.25, -0.2) is 0 Å². The van der Waals surface area contributed by atoms with Crippen LogP contribution in [0.15, 0.2) is 24.3 Å². The van der Waals surface area contributed by atoms with Gasteiger partial charge in [0.2, 0.25) is 0 Å². The SMILES string of the molecule is CCNCCOCc1ccc(OC(F)(F)F)cc1. The van der Waals surface area contributed by atoms with Crippen molar-refractivity contribution < 1.29 is 22.6 Å². The van der Waals surface area contributed by atoms with Crippen LogP contribution in [-0.4, -0.2) is 26.1 Å². The predicted octanol–water partition coefficient (Wildman–Crippen LogP) is 2.71. The summed E-state index contributed by atoms with van der Waals surface area (Å²) in [5.74, 6) is -0.223. The molecule has 0 atom stereocenters. The third-order valence-electron chi connectivity index (χ3n) is 2.10. The van der Waals surface area contributed by atoms with Crippen LogP contribution in [0.25, 0.3) is 0 Å². The summed E-state index contributed by atoms with van der Waals surface area (Å²) < 4.78 is 44.8. The van der Waals surface area contributed by atoms with E-state index in [1.54, 1.807) is 12.1 Å². The van der Waals surface area contributed by atoms with Crippen LogP contribution in [0.4, 0.5) is 13.2 Å². The highest BCUT2D eigenvalue weighted by Crippen LogP contribution is 2.22. The normalized spacial score (nSPS) is 11.6. The number of likely N-dealkylation sites (N-methyl/N-ethyl adjacent to an activating group) is 1. The second kappa shape index (κ2) is 7.23. The summed E-state index contributed by atoms with van der Waals surface area (Å²) in [7, 11) is 0. The maximum absolute atomic E-state index is 11.9. The van der Waals surface area contributed by atoms with Crippen molar-refractivity contribution in [3.8, 4) is 5.75 Å². The van der Waals surface area contributed by atoms with Gasteiger partial charge >= 0.3 is 6.36 Å². The number of alkyl halides is 3. The summed E-state index contributed by atoms with van der Waals surface area (Å²) in [6.07, 6.45) is -4.65. The van der Waals surface area contributed by atoms with E-state index >= 15 is 0 Å². The monoisotopic (exact) mass is 263 g/mol. The molecule has 0 bridgehead atoms. The van der Waals surface area contributed by atoms with Crippen molar-refractivity contribution in [1.29, 1.82) is 0 Å². The number of nitrogens with one attached hydrogen (secondary N) is 1. The zero-order chi connectivity index (χ0) is 13.4. The molecule has 0 fully saturated rings. The fraction of sp³-hybridized carbons (Fsp3) is 0.500. The summed E-state index contributed by atoms with van der Waals surface area (Å²) in [5.41, 5.74) is 0.807. The molecule has 0 aromatic heterocycles. The first kappa shape index (κ1) is 14.8. The molecule has 1 aromatic carbocycles. The molecule has 0 amide bonds. The van der Waals surface area contributed by atoms with Gasteiger partial charge in [-0.3, -0.25) is 0 Å². The number of hydrogen-bond acceptors (Lipinski definition) is 3. The van der Waals surface area contributed by atoms with Crippen LogP contribution in [-0.2, 0) is 11.3 Å². The van der Waals surface area contributed by atoms with Crippen LogP contribution in [0.1, 0.15) is 12.5 Å². The van der Waals surface area contributed by atoms with Crippen molar-refractivity contribution in [3.63, 3.8) is 0 Å². The van der Waals surface area contributed by atoms with Gasteiger partial charge in [-0.1, -0.05) is 19.1 Å². The maximum Gasteiger partial charge on any atom is 0.573 e. The number of hydrogen-bond donors (Lipinski definition) is 1. The molecule has 0 saturated carbocycles. The molecule has 1 N–H and O–H groups in total. The minimum absolute atomic E-state index is 0.223. The van der Waals surface area contributed by atoms with Crippen molar-refractivity contribution in [2.45, 2.75) is 19.9 Å². The first-order valence-electron chi connectivity index (χ1n) is 5.64. The van der Waals surface area contributed by atoms with E-state index in [2.05, 4.69) is 10.1 Å². The molecule has 0 radical (unpaired) electrons. The second-order valence-electron chi connectivity index (χ2n) is 3.60. The van der Waals surface area contributed by atoms with Gasteiger partial charge in [-0.2, -0.15) is 0 Å². The fourth-order valence-electron chi connectivity index (χ4n) is 1.30. The zero-order valence-corrected chi connectivity index (χ0v) is 10.1. The highest BCUT2D eigenvalue weighted by molar-refractivity contribution is 5.26. The molecule has 0 aliphatic heterocycles. The molecule has 0 unspecified atom stereocenters. The van der Waals surface area contributed by atoms with E-state index in [0.717, 1.165) is 18.7 Å². The maximum atomic E-state index is 11.9. The Morgan fingerprint density at radius 2 is 1.83 bits per heavy atom. The predicted molar refractivity (Wildman–Crippen MR) is 61.3 cm³/mol. The van der Waals surface area contributed by atoms with Gasteiger partial charge in [0, 0.05) is 6.54 Å². The van der Waals surface area contributed by atoms with E-state index in [1.165, 1.54) is 12.1 Å². The van der Waals surface area contributed by atoms with Gasteiger partial charge < -0.3 is 14.8 Å². The summed E-state index contributed by atoms with van der Waals surface area (Å²) in [6.45, 7) is 4.57. The fourth-order valence-corrected chi connectivity index (χ4v) is 1.30. The lowest BCUT2D eigenvalue weighted by molar-refractivity contribution is -0.274. The summed E-state index contributed by atoms with van der Waals surface area (Å²) in [5, 5.41) is 3.10. The van der Waals surface area contributed by atoms with Crippen molar-refractivity contribution >= 4 is 0 Å². The Balaban J connectivity index is 2.32. The van der Waals surface area contributed by atoms with Gasteiger partial charge in [0.1, 0.15) is 5.75 Å². The quantitative estimate of drug-likeness (QED) is 0.767. The molecule has 0 saturated heterocycles. The Hall–Kier alpha value is -1.27. The summed E-state index contributed by atoms with van der Waals surface area (Å²) >= 11 is 0. The minimum Gasteiger partial charge on any atom is -0.406 e. The molecule has 0 heterocycles. The van der Waals surface area contributed by atoms with Gasteiger partial charge in [0.15, 0.2) is 0 Å². The van der Waals surface area contributed by atoms with Crippen LogP contribution in [0, 0.1) is 0 Å². The van der Waals surface area contributed by atoms with E-state index in [1.807, 2.05) is 6.92 Å². The van der Waals surface area contributed by atoms with Gasteiger partial charge in [0.25, 0.3) is 0 Å². The molecule has 0 aliphatic carbocycles. The van der Waals surface area contributed by atoms with Crippen LogP contribution in [0.2, 0.25) is 0 Å². The molecule has 1 aromatic rings. The van der Waals surface area contributed by atoms with Crippen LogP contribution < -0.4 is 10.1 Å². The standard InChI is InChI=1S/C12H16F3NO2/c1-2-16-7-8-17-9-10-3-5-11(6-4-10)18-12(13,14)15/h3-6,16H,2,7-9H2,1H3. The third-order valence-corrected chi connectivity index (χ3v) is 2.10. The largest absolute Gasteiger partial charge is 0.573 e. The van der Waals surface area contributed by atoms with Gasteiger partial charge in [0.05, 0.1) is 13.2 Å². The Bertz CT molecular complexity index is 338. The number of benzene rings is 1. The molecular formula is C12H16F3NO2. The average molecular weight is 263 g/mol. The first-order chi connectivity index (χ1) is 8.51. The van der Waals surface area contributed by atoms with Crippen LogP contribution >= 0.6 is 0 Å². The van der Waals surface area contributed by atoms with Crippen LogP contribution in [0.5, 0.6) is 5.75 Å². The van der Waals surface area contributed by atoms with Crippen molar-refractivity contribution in [3.05, 3.63) is 29.8 Å². The average Bonchev–Trinajstić information content (AvgIpc) is 2.29. The van der Waals surface area contributed by atoms with E-state index in [-0.39, 0.29) is 5.75 Å². The lowest BCUT2D eigenvalue weighted by Crippen LogP contribution is -2.18. The van der Waals surface area contributed by atoms with Crippen LogP contribution in [0.3, 0.4) is 0 Å². The van der Waals surface area contributed by atoms with E-state index in [4.69, 9.17) is 4.74 Å². The summed E-state index contributed by atoms with van der Waals surface area (Å²) in [6, 6.07) is 5.65. The Kier molecular flexibility index (Phi) is 5.94. The van der Waals surface area contributed by atoms with Crippen molar-refractivity contribution in [1.82, 2.24) is 5.32 Å². The Morgan fingerprint density at radius 3 is 2.39 bits per heavy atom. The highest BCUT2D eigenvalue weighted by Gasteiger charge is 2.30. The molecule has 3 nitrogen and oxygen atoms in total. The number of halogens is 3. The highest BCUT2D eigenvalue weighted by atomic mass is 19.4. The van der Waals surface area contributed by atoms with E-state index in [0.29, 0.717) is 13.2 Å². The van der Waals surface area contributed by atoms with E-state index < -0.39 is 6.36 Å². The minimum atomic E-state index is -4.65. The molecular weight excluding hydrogens is 247 g/mol. The zero-order valence-electron chi connectivity index (χ0n) is 10.1. The first-order valence-corrected chi connectivity index (χ1v) is 5.64. The lowest BCUT2D eigenvalue weighted by atomic mass is 10.2. The van der Waals surface area contributed by atoms with Crippen molar-refractivity contribution in [2.75, 3.05) is 19.7 Å². The van der Waals surface area contributed by atoms with Gasteiger partial charge in [-0.15, -0.1) is 13.2 Å². The molecule has 6 heteroatoms. The number of ether oxygens (including phenoxy) is 2. The second-order valence-corrected chi connectivity index (χ2v) is 3.60. The number of rotatable bonds is 7. The van der Waals surface area contributed by atoms with Gasteiger partial charge in [-0.05, 0) is 24.2 Å². The van der Waals surface area contributed by atoms with Crippen molar-refractivity contribution in [2.24, 2.45) is 0 Å². The van der Waals surface area contributed by atoms with E-state index in [9.17, 15) is 13.2 Å². The Labute approximate surface area is 104 Å². The topological polar surface area (TPSA) is 30.5 Å². The Morgan fingerprint density at radius 1 is 1.17 bits per heavy atom. The molecule has 0 spiro atoms. The smallest absolute Gasteiger partial charge is 0.406 e. The summed E-state index contributed by atoms with van der Waals surface area (Å²) in [4.78, 5) is 0. The molecule has 18 heavy (non-hydrogen) atoms. The lowest BCUT2D eigenvalue weighted by Gasteiger charge is -2.09. The molecule has 102 valence electrons. The third kappa shape index (κ3) is 6.46. The molecule has 1 rings (SSSR count).